The highest BCUT2D eigenvalue weighted by Crippen LogP contribution is 2.17. The molecule has 0 fully saturated rings. The van der Waals surface area contributed by atoms with Crippen molar-refractivity contribution in [2.45, 2.75) is 38.9 Å². The Hall–Kier alpha value is -1.77. The minimum Gasteiger partial charge on any atom is -0.491 e. The molecule has 0 aromatic heterocycles. The van der Waals surface area contributed by atoms with Crippen LogP contribution in [0.1, 0.15) is 37.0 Å². The van der Waals surface area contributed by atoms with Crippen LogP contribution in [0.15, 0.2) is 35.9 Å². The number of carbonyl (C=O) groups is 1. The van der Waals surface area contributed by atoms with Crippen LogP contribution in [0.25, 0.3) is 0 Å². The van der Waals surface area contributed by atoms with Crippen molar-refractivity contribution in [1.82, 2.24) is 0 Å². The van der Waals surface area contributed by atoms with Gasteiger partial charge in [0.2, 0.25) is 0 Å². The molecule has 0 aliphatic heterocycles. The van der Waals surface area contributed by atoms with Gasteiger partial charge in [-0.25, -0.2) is 9.78 Å². The molecule has 1 aromatic carbocycles. The molecule has 7 nitrogen and oxygen atoms in total. The Morgan fingerprint density at radius 1 is 1.08 bits per heavy atom. The molecule has 0 aliphatic carbocycles. The lowest BCUT2D eigenvalue weighted by molar-refractivity contribution is -0.316. The van der Waals surface area contributed by atoms with Gasteiger partial charge in [0.15, 0.2) is 5.78 Å². The predicted octanol–water partition coefficient (Wildman–Crippen LogP) is 1.66. The number of Topliss-reactive ketones (excluding diaryl/α,β-unsaturated/α-hetero) is 1. The summed E-state index contributed by atoms with van der Waals surface area (Å²) >= 11 is 0. The Kier molecular flexibility index (Phi) is 10.8. The van der Waals surface area contributed by atoms with Crippen molar-refractivity contribution in [3.05, 3.63) is 41.5 Å². The van der Waals surface area contributed by atoms with Crippen molar-refractivity contribution >= 4 is 5.78 Å². The van der Waals surface area contributed by atoms with E-state index in [0.29, 0.717) is 11.3 Å². The fourth-order valence-electron chi connectivity index (χ4n) is 2.09. The SMILES string of the molecule is C/C=C(\CCC)C(=O)c1ccc(OCC(O)COOCC(O)CO)cc1. The van der Waals surface area contributed by atoms with E-state index in [1.165, 1.54) is 0 Å². The zero-order chi connectivity index (χ0) is 19.4. The molecule has 7 heteroatoms. The number of aliphatic hydroxyl groups is 3. The molecule has 3 N–H and O–H groups in total. The zero-order valence-electron chi connectivity index (χ0n) is 15.3. The van der Waals surface area contributed by atoms with Gasteiger partial charge in [-0.15, -0.1) is 0 Å². The van der Waals surface area contributed by atoms with Gasteiger partial charge in [-0.05, 0) is 43.2 Å². The van der Waals surface area contributed by atoms with Crippen molar-refractivity contribution in [2.24, 2.45) is 0 Å². The molecule has 2 atom stereocenters. The van der Waals surface area contributed by atoms with Crippen molar-refractivity contribution < 1.29 is 34.6 Å². The number of aliphatic hydroxyl groups excluding tert-OH is 3. The van der Waals surface area contributed by atoms with Crippen LogP contribution in [0, 0.1) is 0 Å². The molecular weight excluding hydrogens is 340 g/mol. The topological polar surface area (TPSA) is 105 Å². The van der Waals surface area contributed by atoms with Gasteiger partial charge in [0.05, 0.1) is 6.61 Å². The van der Waals surface area contributed by atoms with E-state index in [1.807, 2.05) is 19.9 Å². The normalized spacial score (nSPS) is 14.1. The maximum absolute atomic E-state index is 12.3. The Morgan fingerprint density at radius 2 is 1.69 bits per heavy atom. The van der Waals surface area contributed by atoms with E-state index in [4.69, 9.17) is 19.8 Å². The van der Waals surface area contributed by atoms with Gasteiger partial charge < -0.3 is 20.1 Å². The molecule has 146 valence electrons. The zero-order valence-corrected chi connectivity index (χ0v) is 15.3. The highest BCUT2D eigenvalue weighted by molar-refractivity contribution is 6.08. The minimum atomic E-state index is -1.02. The number of allylic oxidation sites excluding steroid dienone is 2. The molecular formula is C19H28O7. The van der Waals surface area contributed by atoms with Crippen LogP contribution >= 0.6 is 0 Å². The summed E-state index contributed by atoms with van der Waals surface area (Å²) in [5.74, 6) is 0.534. The number of benzene rings is 1. The van der Waals surface area contributed by atoms with Crippen LogP contribution in [0.3, 0.4) is 0 Å². The van der Waals surface area contributed by atoms with Gasteiger partial charge in [-0.3, -0.25) is 4.79 Å². The summed E-state index contributed by atoms with van der Waals surface area (Å²) < 4.78 is 5.44. The first-order valence-corrected chi connectivity index (χ1v) is 8.65. The molecule has 0 spiro atoms. The fourth-order valence-corrected chi connectivity index (χ4v) is 2.09. The molecule has 2 unspecified atom stereocenters. The molecule has 26 heavy (non-hydrogen) atoms. The number of carbonyl (C=O) groups excluding carboxylic acids is 1. The van der Waals surface area contributed by atoms with E-state index >= 15 is 0 Å². The van der Waals surface area contributed by atoms with Gasteiger partial charge in [-0.1, -0.05) is 19.4 Å². The van der Waals surface area contributed by atoms with E-state index < -0.39 is 18.8 Å². The van der Waals surface area contributed by atoms with Crippen molar-refractivity contribution in [3.63, 3.8) is 0 Å². The van der Waals surface area contributed by atoms with Gasteiger partial charge in [0.25, 0.3) is 0 Å². The first-order chi connectivity index (χ1) is 12.5. The molecule has 1 aromatic rings. The third-order valence-corrected chi connectivity index (χ3v) is 3.53. The van der Waals surface area contributed by atoms with E-state index in [2.05, 4.69) is 4.89 Å². The molecule has 0 aliphatic rings. The Bertz CT molecular complexity index is 554. The monoisotopic (exact) mass is 368 g/mol. The second kappa shape index (κ2) is 12.6. The third kappa shape index (κ3) is 8.07. The van der Waals surface area contributed by atoms with Crippen molar-refractivity contribution in [3.8, 4) is 5.75 Å². The van der Waals surface area contributed by atoms with E-state index in [0.717, 1.165) is 18.4 Å². The molecule has 1 rings (SSSR count). The molecule has 0 radical (unpaired) electrons. The van der Waals surface area contributed by atoms with Gasteiger partial charge in [0, 0.05) is 5.56 Å². The average molecular weight is 368 g/mol. The quantitative estimate of drug-likeness (QED) is 0.160. The molecule has 0 saturated heterocycles. The molecule has 0 heterocycles. The summed E-state index contributed by atoms with van der Waals surface area (Å²) in [6.45, 7) is 3.11. The minimum absolute atomic E-state index is 0.0107. The first kappa shape index (κ1) is 22.3. The number of hydrogen-bond donors (Lipinski definition) is 3. The second-order valence-corrected chi connectivity index (χ2v) is 5.79. The van der Waals surface area contributed by atoms with Crippen LogP contribution in [-0.4, -0.2) is 59.7 Å². The lowest BCUT2D eigenvalue weighted by Gasteiger charge is -2.13. The van der Waals surface area contributed by atoms with Gasteiger partial charge in [0.1, 0.15) is 37.8 Å². The van der Waals surface area contributed by atoms with Crippen LogP contribution in [0.5, 0.6) is 5.75 Å². The average Bonchev–Trinajstić information content (AvgIpc) is 2.67. The van der Waals surface area contributed by atoms with Crippen LogP contribution in [0.2, 0.25) is 0 Å². The van der Waals surface area contributed by atoms with Crippen LogP contribution < -0.4 is 4.74 Å². The van der Waals surface area contributed by atoms with Gasteiger partial charge >= 0.3 is 0 Å². The summed E-state index contributed by atoms with van der Waals surface area (Å²) in [7, 11) is 0. The lowest BCUT2D eigenvalue weighted by Crippen LogP contribution is -2.25. The van der Waals surface area contributed by atoms with Crippen molar-refractivity contribution in [1.29, 1.82) is 0 Å². The number of ether oxygens (including phenoxy) is 1. The maximum Gasteiger partial charge on any atom is 0.188 e. The third-order valence-electron chi connectivity index (χ3n) is 3.53. The summed E-state index contributed by atoms with van der Waals surface area (Å²) in [6, 6.07) is 6.74. The molecule has 0 bridgehead atoms. The predicted molar refractivity (Wildman–Crippen MR) is 95.9 cm³/mol. The van der Waals surface area contributed by atoms with Crippen LogP contribution in [0.4, 0.5) is 0 Å². The second-order valence-electron chi connectivity index (χ2n) is 5.79. The summed E-state index contributed by atoms with van der Waals surface area (Å²) in [5, 5.41) is 27.4. The summed E-state index contributed by atoms with van der Waals surface area (Å²) in [5.41, 5.74) is 1.39. The molecule has 0 amide bonds. The smallest absolute Gasteiger partial charge is 0.188 e. The number of hydrogen-bond acceptors (Lipinski definition) is 7. The number of rotatable bonds is 13. The van der Waals surface area contributed by atoms with E-state index in [1.54, 1.807) is 24.3 Å². The van der Waals surface area contributed by atoms with Crippen molar-refractivity contribution in [2.75, 3.05) is 26.4 Å². The Balaban J connectivity index is 2.39. The molecule has 0 saturated carbocycles. The standard InChI is InChI=1S/C19H28O7/c1-3-5-14(4-2)19(23)15-6-8-18(9-7-15)24-11-17(22)13-26-25-12-16(21)10-20/h4,6-9,16-17,20-22H,3,5,10-13H2,1-2H3/b14-4+. The summed E-state index contributed by atoms with van der Waals surface area (Å²) in [6.07, 6.45) is 1.55. The maximum atomic E-state index is 12.3. The summed E-state index contributed by atoms with van der Waals surface area (Å²) in [4.78, 5) is 21.7. The fraction of sp³-hybridized carbons (Fsp3) is 0.526. The van der Waals surface area contributed by atoms with Crippen LogP contribution in [-0.2, 0) is 9.78 Å². The first-order valence-electron chi connectivity index (χ1n) is 8.65. The Labute approximate surface area is 153 Å². The lowest BCUT2D eigenvalue weighted by atomic mass is 9.99. The highest BCUT2D eigenvalue weighted by atomic mass is 17.2. The van der Waals surface area contributed by atoms with Gasteiger partial charge in [-0.2, -0.15) is 0 Å². The Morgan fingerprint density at radius 3 is 2.23 bits per heavy atom. The number of ketones is 1. The van der Waals surface area contributed by atoms with E-state index in [-0.39, 0.29) is 25.6 Å². The largest absolute Gasteiger partial charge is 0.491 e. The van der Waals surface area contributed by atoms with E-state index in [9.17, 15) is 9.90 Å². The highest BCUT2D eigenvalue weighted by Gasteiger charge is 2.12.